The highest BCUT2D eigenvalue weighted by molar-refractivity contribution is 5.87. The largest absolute Gasteiger partial charge is 0.355 e. The number of nitro groups is 1. The van der Waals surface area contributed by atoms with Crippen LogP contribution in [0.1, 0.15) is 41.9 Å². The minimum absolute atomic E-state index is 0.00279. The van der Waals surface area contributed by atoms with Crippen LogP contribution in [0.2, 0.25) is 0 Å². The van der Waals surface area contributed by atoms with Crippen LogP contribution < -0.4 is 5.32 Å². The van der Waals surface area contributed by atoms with Crippen molar-refractivity contribution in [3.8, 4) is 0 Å². The van der Waals surface area contributed by atoms with Crippen molar-refractivity contribution in [3.05, 3.63) is 112 Å². The fourth-order valence-corrected chi connectivity index (χ4v) is 5.35. The minimum atomic E-state index is -0.408. The number of halogens is 1. The number of hydrogen-bond acceptors (Lipinski definition) is 4. The second-order valence-electron chi connectivity index (χ2n) is 9.86. The molecule has 0 aliphatic carbocycles. The zero-order valence-corrected chi connectivity index (χ0v) is 21.2. The number of nitrogens with one attached hydrogen (secondary N) is 1. The molecule has 1 unspecified atom stereocenters. The predicted molar refractivity (Wildman–Crippen MR) is 146 cm³/mol. The fourth-order valence-electron chi connectivity index (χ4n) is 5.35. The van der Waals surface area contributed by atoms with Gasteiger partial charge in [-0.05, 0) is 60.8 Å². The van der Waals surface area contributed by atoms with Gasteiger partial charge in [0.2, 0.25) is 5.91 Å². The summed E-state index contributed by atoms with van der Waals surface area (Å²) in [5, 5.41) is 15.6. The predicted octanol–water partition coefficient (Wildman–Crippen LogP) is 5.47. The van der Waals surface area contributed by atoms with Crippen molar-refractivity contribution in [2.75, 3.05) is 26.2 Å². The lowest BCUT2D eigenvalue weighted by Crippen LogP contribution is -2.34. The molecule has 38 heavy (non-hydrogen) atoms. The van der Waals surface area contributed by atoms with E-state index < -0.39 is 4.92 Å². The highest BCUT2D eigenvalue weighted by Crippen LogP contribution is 2.36. The molecule has 1 amide bonds. The normalized spacial score (nSPS) is 14.6. The molecule has 5 rings (SSSR count). The van der Waals surface area contributed by atoms with Crippen LogP contribution >= 0.6 is 0 Å². The lowest BCUT2D eigenvalue weighted by Gasteiger charge is -2.19. The molecule has 1 atom stereocenters. The maximum atomic E-state index is 13.5. The van der Waals surface area contributed by atoms with E-state index in [0.29, 0.717) is 13.1 Å². The van der Waals surface area contributed by atoms with Gasteiger partial charge in [-0.3, -0.25) is 14.9 Å². The summed E-state index contributed by atoms with van der Waals surface area (Å²) < 4.78 is 15.6. The van der Waals surface area contributed by atoms with E-state index in [2.05, 4.69) is 14.8 Å². The first-order chi connectivity index (χ1) is 18.5. The van der Waals surface area contributed by atoms with E-state index in [4.69, 9.17) is 0 Å². The van der Waals surface area contributed by atoms with Crippen LogP contribution in [0.4, 0.5) is 10.1 Å². The Morgan fingerprint density at radius 3 is 2.55 bits per heavy atom. The standard InChI is InChI=1S/C30H31FN4O3/c31-24-12-10-22(11-13-24)20-34-21-28(26-8-1-2-9-29(26)34)27(23-6-5-7-25(18-23)35(37)38)19-30(36)32-14-17-33-15-3-4-16-33/h1-2,5-13,18,21,27H,3-4,14-17,19-20H2,(H,32,36). The number of rotatable bonds is 10. The van der Waals surface area contributed by atoms with Crippen molar-refractivity contribution in [2.24, 2.45) is 0 Å². The van der Waals surface area contributed by atoms with E-state index in [-0.39, 0.29) is 29.8 Å². The van der Waals surface area contributed by atoms with Crippen LogP contribution in [0, 0.1) is 15.9 Å². The highest BCUT2D eigenvalue weighted by atomic mass is 19.1. The summed E-state index contributed by atoms with van der Waals surface area (Å²) in [6.45, 7) is 4.07. The van der Waals surface area contributed by atoms with E-state index in [1.54, 1.807) is 24.3 Å². The van der Waals surface area contributed by atoms with Crippen molar-refractivity contribution in [1.82, 2.24) is 14.8 Å². The Bertz CT molecular complexity index is 1430. The molecule has 1 aliphatic heterocycles. The van der Waals surface area contributed by atoms with E-state index >= 15 is 0 Å². The number of fused-ring (bicyclic) bond motifs is 1. The molecule has 1 aromatic heterocycles. The minimum Gasteiger partial charge on any atom is -0.355 e. The number of likely N-dealkylation sites (tertiary alicyclic amines) is 1. The average Bonchev–Trinajstić information content (AvgIpc) is 3.57. The topological polar surface area (TPSA) is 80.4 Å². The molecule has 1 N–H and O–H groups in total. The first kappa shape index (κ1) is 25.6. The molecular weight excluding hydrogens is 483 g/mol. The molecular formula is C30H31FN4O3. The van der Waals surface area contributed by atoms with Crippen molar-refractivity contribution in [3.63, 3.8) is 0 Å². The number of amides is 1. The Morgan fingerprint density at radius 2 is 1.79 bits per heavy atom. The van der Waals surface area contributed by atoms with Crippen LogP contribution in [-0.2, 0) is 11.3 Å². The monoisotopic (exact) mass is 514 g/mol. The lowest BCUT2D eigenvalue weighted by atomic mass is 9.87. The number of carbonyl (C=O) groups is 1. The molecule has 4 aromatic rings. The third-order valence-corrected chi connectivity index (χ3v) is 7.28. The van der Waals surface area contributed by atoms with E-state index in [0.717, 1.165) is 47.2 Å². The van der Waals surface area contributed by atoms with Crippen molar-refractivity contribution < 1.29 is 14.1 Å². The van der Waals surface area contributed by atoms with Gasteiger partial charge in [0.25, 0.3) is 5.69 Å². The quantitative estimate of drug-likeness (QED) is 0.225. The van der Waals surface area contributed by atoms with Gasteiger partial charge < -0.3 is 14.8 Å². The molecule has 0 saturated carbocycles. The van der Waals surface area contributed by atoms with E-state index in [1.807, 2.05) is 36.5 Å². The van der Waals surface area contributed by atoms with Gasteiger partial charge in [-0.15, -0.1) is 0 Å². The summed E-state index contributed by atoms with van der Waals surface area (Å²) in [7, 11) is 0. The molecule has 7 nitrogen and oxygen atoms in total. The average molecular weight is 515 g/mol. The smallest absolute Gasteiger partial charge is 0.269 e. The van der Waals surface area contributed by atoms with Crippen LogP contribution in [0.15, 0.2) is 79.0 Å². The third kappa shape index (κ3) is 5.92. The number of carbonyl (C=O) groups excluding carboxylic acids is 1. The molecule has 0 radical (unpaired) electrons. The number of aromatic nitrogens is 1. The highest BCUT2D eigenvalue weighted by Gasteiger charge is 2.24. The van der Waals surface area contributed by atoms with Crippen molar-refractivity contribution in [2.45, 2.75) is 31.7 Å². The maximum absolute atomic E-state index is 13.5. The van der Waals surface area contributed by atoms with Gasteiger partial charge in [0.1, 0.15) is 5.82 Å². The first-order valence-electron chi connectivity index (χ1n) is 13.0. The second-order valence-corrected chi connectivity index (χ2v) is 9.86. The van der Waals surface area contributed by atoms with Crippen molar-refractivity contribution >= 4 is 22.5 Å². The van der Waals surface area contributed by atoms with Gasteiger partial charge in [0, 0.05) is 61.2 Å². The summed E-state index contributed by atoms with van der Waals surface area (Å²) in [6, 6.07) is 20.9. The van der Waals surface area contributed by atoms with Gasteiger partial charge in [0.05, 0.1) is 4.92 Å². The van der Waals surface area contributed by atoms with E-state index in [1.165, 1.54) is 31.0 Å². The zero-order valence-electron chi connectivity index (χ0n) is 21.2. The Hall–Kier alpha value is -4.04. The zero-order chi connectivity index (χ0) is 26.5. The summed E-state index contributed by atoms with van der Waals surface area (Å²) in [5.41, 5.74) is 3.58. The third-order valence-electron chi connectivity index (χ3n) is 7.28. The van der Waals surface area contributed by atoms with Gasteiger partial charge in [-0.2, -0.15) is 0 Å². The van der Waals surface area contributed by atoms with Crippen LogP contribution in [-0.4, -0.2) is 46.5 Å². The molecule has 0 bridgehead atoms. The van der Waals surface area contributed by atoms with Gasteiger partial charge >= 0.3 is 0 Å². The summed E-state index contributed by atoms with van der Waals surface area (Å²) in [5.74, 6) is -0.745. The van der Waals surface area contributed by atoms with E-state index in [9.17, 15) is 19.3 Å². The Morgan fingerprint density at radius 1 is 1.03 bits per heavy atom. The number of non-ortho nitro benzene ring substituents is 1. The molecule has 1 saturated heterocycles. The number of hydrogen-bond donors (Lipinski definition) is 1. The van der Waals surface area contributed by atoms with Crippen LogP contribution in [0.25, 0.3) is 10.9 Å². The molecule has 1 fully saturated rings. The van der Waals surface area contributed by atoms with Crippen LogP contribution in [0.5, 0.6) is 0 Å². The molecule has 1 aliphatic rings. The van der Waals surface area contributed by atoms with Gasteiger partial charge in [-0.25, -0.2) is 4.39 Å². The molecule has 8 heteroatoms. The molecule has 196 valence electrons. The Kier molecular flexibility index (Phi) is 7.79. The maximum Gasteiger partial charge on any atom is 0.269 e. The molecule has 2 heterocycles. The van der Waals surface area contributed by atoms with Gasteiger partial charge in [-0.1, -0.05) is 42.5 Å². The van der Waals surface area contributed by atoms with Crippen LogP contribution in [0.3, 0.4) is 0 Å². The van der Waals surface area contributed by atoms with Gasteiger partial charge in [0.15, 0.2) is 0 Å². The second kappa shape index (κ2) is 11.6. The van der Waals surface area contributed by atoms with Crippen molar-refractivity contribution in [1.29, 1.82) is 0 Å². The molecule has 3 aromatic carbocycles. The summed E-state index contributed by atoms with van der Waals surface area (Å²) in [6.07, 6.45) is 4.59. The molecule has 0 spiro atoms. The number of para-hydroxylation sites is 1. The summed E-state index contributed by atoms with van der Waals surface area (Å²) in [4.78, 5) is 26.6. The Balaban J connectivity index is 1.47. The number of benzene rings is 3. The SMILES string of the molecule is O=C(CC(c1cccc([N+](=O)[O-])c1)c1cn(Cc2ccc(F)cc2)c2ccccc12)NCCN1CCCC1. The number of nitrogens with zero attached hydrogens (tertiary/aromatic N) is 3. The first-order valence-corrected chi connectivity index (χ1v) is 13.0. The fraction of sp³-hybridized carbons (Fsp3) is 0.300. The Labute approximate surface area is 221 Å². The lowest BCUT2D eigenvalue weighted by molar-refractivity contribution is -0.384. The number of nitro benzene ring substituents is 1. The summed E-state index contributed by atoms with van der Waals surface area (Å²) >= 11 is 0.